The van der Waals surface area contributed by atoms with Crippen molar-refractivity contribution >= 4 is 23.6 Å². The summed E-state index contributed by atoms with van der Waals surface area (Å²) < 4.78 is 13.0. The minimum absolute atomic E-state index is 0.230. The number of amides is 2. The Labute approximate surface area is 127 Å². The largest absolute Gasteiger partial charge is 0.355 e. The summed E-state index contributed by atoms with van der Waals surface area (Å²) in [5, 5.41) is 5.16. The molecule has 2 aromatic carbocycles. The molecule has 112 valence electrons. The standard InChI is InChI=1S/C17H15FN2O2/c1-19-17(22)13-5-3-7-15(11-13)20-16(21)9-8-12-4-2-6-14(18)10-12/h2-11H,1H3,(H,19,22)(H,20,21)/b9-8+. The summed E-state index contributed by atoms with van der Waals surface area (Å²) in [6, 6.07) is 12.5. The fraction of sp³-hybridized carbons (Fsp3) is 0.0588. The molecule has 0 aliphatic rings. The maximum absolute atomic E-state index is 13.0. The molecule has 2 N–H and O–H groups in total. The van der Waals surface area contributed by atoms with Gasteiger partial charge in [-0.2, -0.15) is 0 Å². The molecule has 0 aliphatic carbocycles. The van der Waals surface area contributed by atoms with E-state index in [4.69, 9.17) is 0 Å². The van der Waals surface area contributed by atoms with Crippen LogP contribution in [-0.2, 0) is 4.79 Å². The molecule has 0 aliphatic heterocycles. The second-order valence-electron chi connectivity index (χ2n) is 4.54. The van der Waals surface area contributed by atoms with Gasteiger partial charge in [0.2, 0.25) is 5.91 Å². The number of carbonyl (C=O) groups excluding carboxylic acids is 2. The van der Waals surface area contributed by atoms with Crippen molar-refractivity contribution in [3.8, 4) is 0 Å². The number of hydrogen-bond donors (Lipinski definition) is 2. The molecule has 0 unspecified atom stereocenters. The summed E-state index contributed by atoms with van der Waals surface area (Å²) in [6.07, 6.45) is 2.82. The SMILES string of the molecule is CNC(=O)c1cccc(NC(=O)/C=C/c2cccc(F)c2)c1. The van der Waals surface area contributed by atoms with E-state index in [2.05, 4.69) is 10.6 Å². The maximum Gasteiger partial charge on any atom is 0.251 e. The monoisotopic (exact) mass is 298 g/mol. The van der Waals surface area contributed by atoms with E-state index in [-0.39, 0.29) is 17.6 Å². The number of rotatable bonds is 4. The number of benzene rings is 2. The van der Waals surface area contributed by atoms with Crippen molar-refractivity contribution in [2.75, 3.05) is 12.4 Å². The second kappa shape index (κ2) is 7.17. The van der Waals surface area contributed by atoms with E-state index >= 15 is 0 Å². The minimum atomic E-state index is -0.363. The third-order valence-corrected chi connectivity index (χ3v) is 2.90. The van der Waals surface area contributed by atoms with Crippen molar-refractivity contribution in [3.05, 3.63) is 71.6 Å². The van der Waals surface area contributed by atoms with Gasteiger partial charge in [-0.15, -0.1) is 0 Å². The van der Waals surface area contributed by atoms with Crippen molar-refractivity contribution in [2.24, 2.45) is 0 Å². The number of halogens is 1. The Morgan fingerprint density at radius 2 is 1.86 bits per heavy atom. The molecule has 2 aromatic rings. The number of nitrogens with one attached hydrogen (secondary N) is 2. The smallest absolute Gasteiger partial charge is 0.251 e. The van der Waals surface area contributed by atoms with Crippen LogP contribution in [0.5, 0.6) is 0 Å². The van der Waals surface area contributed by atoms with Crippen LogP contribution in [0.15, 0.2) is 54.6 Å². The summed E-state index contributed by atoms with van der Waals surface area (Å²) >= 11 is 0. The van der Waals surface area contributed by atoms with E-state index in [9.17, 15) is 14.0 Å². The van der Waals surface area contributed by atoms with Crippen LogP contribution < -0.4 is 10.6 Å². The van der Waals surface area contributed by atoms with Gasteiger partial charge < -0.3 is 10.6 Å². The predicted molar refractivity (Wildman–Crippen MR) is 83.9 cm³/mol. The van der Waals surface area contributed by atoms with E-state index in [1.54, 1.807) is 36.4 Å². The van der Waals surface area contributed by atoms with Crippen molar-refractivity contribution in [2.45, 2.75) is 0 Å². The van der Waals surface area contributed by atoms with Gasteiger partial charge in [-0.25, -0.2) is 4.39 Å². The molecule has 0 bridgehead atoms. The van der Waals surface area contributed by atoms with Crippen molar-refractivity contribution in [1.82, 2.24) is 5.32 Å². The first-order chi connectivity index (χ1) is 10.6. The molecule has 0 aromatic heterocycles. The van der Waals surface area contributed by atoms with Crippen molar-refractivity contribution in [1.29, 1.82) is 0 Å². The first-order valence-corrected chi connectivity index (χ1v) is 6.65. The number of hydrogen-bond acceptors (Lipinski definition) is 2. The van der Waals surface area contributed by atoms with Gasteiger partial charge in [0.1, 0.15) is 5.82 Å². The molecule has 2 rings (SSSR count). The predicted octanol–water partition coefficient (Wildman–Crippen LogP) is 2.84. The Balaban J connectivity index is 2.04. The van der Waals surface area contributed by atoms with Gasteiger partial charge in [0.25, 0.3) is 5.91 Å². The van der Waals surface area contributed by atoms with Crippen LogP contribution in [0, 0.1) is 5.82 Å². The summed E-state index contributed by atoms with van der Waals surface area (Å²) in [7, 11) is 1.54. The molecule has 0 saturated heterocycles. The molecule has 0 atom stereocenters. The highest BCUT2D eigenvalue weighted by Crippen LogP contribution is 2.11. The zero-order chi connectivity index (χ0) is 15.9. The van der Waals surface area contributed by atoms with Gasteiger partial charge in [-0.3, -0.25) is 9.59 Å². The maximum atomic E-state index is 13.0. The Bertz CT molecular complexity index is 726. The Kier molecular flexibility index (Phi) is 5.03. The fourth-order valence-electron chi connectivity index (χ4n) is 1.85. The average Bonchev–Trinajstić information content (AvgIpc) is 2.52. The molecular formula is C17H15FN2O2. The van der Waals surface area contributed by atoms with Gasteiger partial charge >= 0.3 is 0 Å². The first-order valence-electron chi connectivity index (χ1n) is 6.65. The zero-order valence-electron chi connectivity index (χ0n) is 12.0. The Morgan fingerprint density at radius 1 is 1.09 bits per heavy atom. The molecule has 4 nitrogen and oxygen atoms in total. The third kappa shape index (κ3) is 4.28. The molecule has 22 heavy (non-hydrogen) atoms. The first kappa shape index (κ1) is 15.4. The van der Waals surface area contributed by atoms with E-state index in [1.165, 1.54) is 31.3 Å². The molecular weight excluding hydrogens is 283 g/mol. The topological polar surface area (TPSA) is 58.2 Å². The average molecular weight is 298 g/mol. The minimum Gasteiger partial charge on any atom is -0.355 e. The highest BCUT2D eigenvalue weighted by atomic mass is 19.1. The van der Waals surface area contributed by atoms with E-state index in [0.717, 1.165) is 0 Å². The van der Waals surface area contributed by atoms with Gasteiger partial charge in [0.15, 0.2) is 0 Å². The van der Waals surface area contributed by atoms with Crippen molar-refractivity contribution in [3.63, 3.8) is 0 Å². The Hall–Kier alpha value is -2.95. The van der Waals surface area contributed by atoms with Crippen LogP contribution >= 0.6 is 0 Å². The van der Waals surface area contributed by atoms with Crippen molar-refractivity contribution < 1.29 is 14.0 Å². The Morgan fingerprint density at radius 3 is 2.59 bits per heavy atom. The summed E-state index contributed by atoms with van der Waals surface area (Å²) in [5.74, 6) is -0.953. The zero-order valence-corrected chi connectivity index (χ0v) is 12.0. The lowest BCUT2D eigenvalue weighted by Gasteiger charge is -2.05. The summed E-state index contributed by atoms with van der Waals surface area (Å²) in [4.78, 5) is 23.3. The summed E-state index contributed by atoms with van der Waals surface area (Å²) in [5.41, 5.74) is 1.55. The second-order valence-corrected chi connectivity index (χ2v) is 4.54. The van der Waals surface area contributed by atoms with E-state index < -0.39 is 0 Å². The lowest BCUT2D eigenvalue weighted by atomic mass is 10.2. The third-order valence-electron chi connectivity index (χ3n) is 2.90. The van der Waals surface area contributed by atoms with Crippen LogP contribution in [0.3, 0.4) is 0 Å². The van der Waals surface area contributed by atoms with Gasteiger partial charge in [-0.1, -0.05) is 18.2 Å². The van der Waals surface area contributed by atoms with Crippen LogP contribution in [-0.4, -0.2) is 18.9 Å². The van der Waals surface area contributed by atoms with Crippen LogP contribution in [0.4, 0.5) is 10.1 Å². The molecule has 2 amide bonds. The normalized spacial score (nSPS) is 10.5. The quantitative estimate of drug-likeness (QED) is 0.853. The molecule has 0 spiro atoms. The molecule has 0 radical (unpaired) electrons. The lowest BCUT2D eigenvalue weighted by Crippen LogP contribution is -2.18. The van der Waals surface area contributed by atoms with Crippen LogP contribution in [0.25, 0.3) is 6.08 Å². The summed E-state index contributed by atoms with van der Waals surface area (Å²) in [6.45, 7) is 0. The molecule has 0 fully saturated rings. The van der Waals surface area contributed by atoms with E-state index in [0.29, 0.717) is 16.8 Å². The van der Waals surface area contributed by atoms with Gasteiger partial charge in [0, 0.05) is 24.4 Å². The van der Waals surface area contributed by atoms with Gasteiger partial charge in [-0.05, 0) is 42.0 Å². The number of anilines is 1. The van der Waals surface area contributed by atoms with E-state index in [1.807, 2.05) is 0 Å². The highest BCUT2D eigenvalue weighted by Gasteiger charge is 2.04. The number of carbonyl (C=O) groups is 2. The molecule has 5 heteroatoms. The van der Waals surface area contributed by atoms with Gasteiger partial charge in [0.05, 0.1) is 0 Å². The van der Waals surface area contributed by atoms with Crippen LogP contribution in [0.2, 0.25) is 0 Å². The molecule has 0 saturated carbocycles. The van der Waals surface area contributed by atoms with Crippen LogP contribution in [0.1, 0.15) is 15.9 Å². The fourth-order valence-corrected chi connectivity index (χ4v) is 1.85. The lowest BCUT2D eigenvalue weighted by molar-refractivity contribution is -0.111. The highest BCUT2D eigenvalue weighted by molar-refractivity contribution is 6.03. The molecule has 0 heterocycles.